The van der Waals surface area contributed by atoms with Crippen LogP contribution in [0.4, 0.5) is 4.79 Å². The van der Waals surface area contributed by atoms with Crippen molar-refractivity contribution in [3.8, 4) is 11.1 Å². The fraction of sp³-hybridized carbons (Fsp3) is 0.484. The quantitative estimate of drug-likeness (QED) is 0.476. The minimum atomic E-state index is -1.17. The van der Waals surface area contributed by atoms with E-state index in [9.17, 15) is 24.3 Å². The zero-order valence-electron chi connectivity index (χ0n) is 23.7. The van der Waals surface area contributed by atoms with E-state index in [1.54, 1.807) is 14.0 Å². The molecule has 1 saturated carbocycles. The van der Waals surface area contributed by atoms with Gasteiger partial charge in [-0.3, -0.25) is 19.3 Å². The Bertz CT molecular complexity index is 1210. The Morgan fingerprint density at radius 3 is 1.95 bits per heavy atom. The van der Waals surface area contributed by atoms with E-state index in [1.165, 1.54) is 28.8 Å². The molecule has 4 rings (SSSR count). The monoisotopic (exact) mass is 549 g/mol. The summed E-state index contributed by atoms with van der Waals surface area (Å²) in [5.74, 6) is -2.28. The lowest BCUT2D eigenvalue weighted by Gasteiger charge is -2.38. The van der Waals surface area contributed by atoms with E-state index < -0.39 is 42.4 Å². The summed E-state index contributed by atoms with van der Waals surface area (Å²) in [5, 5.41) is 9.51. The number of likely N-dealkylation sites (N-methyl/N-ethyl adjacent to an activating group) is 3. The van der Waals surface area contributed by atoms with Crippen molar-refractivity contribution in [3.05, 3.63) is 59.7 Å². The first kappa shape index (κ1) is 29.1. The number of carboxylic acid groups (broad SMARTS) is 1. The molecule has 0 aromatic heterocycles. The normalized spacial score (nSPS) is 16.0. The maximum absolute atomic E-state index is 14.1. The predicted molar refractivity (Wildman–Crippen MR) is 151 cm³/mol. The lowest BCUT2D eigenvalue weighted by atomic mass is 9.94. The van der Waals surface area contributed by atoms with Crippen LogP contribution in [0.25, 0.3) is 11.1 Å². The third-order valence-corrected chi connectivity index (χ3v) is 8.23. The van der Waals surface area contributed by atoms with Crippen molar-refractivity contribution in [2.75, 3.05) is 34.3 Å². The number of rotatable bonds is 10. The fourth-order valence-corrected chi connectivity index (χ4v) is 6.26. The summed E-state index contributed by atoms with van der Waals surface area (Å²) in [7, 11) is 4.63. The lowest BCUT2D eigenvalue weighted by Crippen LogP contribution is -2.58. The van der Waals surface area contributed by atoms with Gasteiger partial charge < -0.3 is 19.6 Å². The number of hydrogen-bond donors (Lipinski definition) is 1. The van der Waals surface area contributed by atoms with Gasteiger partial charge in [-0.1, -0.05) is 61.4 Å². The van der Waals surface area contributed by atoms with Crippen molar-refractivity contribution in [3.63, 3.8) is 0 Å². The average molecular weight is 550 g/mol. The second-order valence-electron chi connectivity index (χ2n) is 10.9. The number of nitrogens with zero attached hydrogens (tertiary/aromatic N) is 3. The average Bonchev–Trinajstić information content (AvgIpc) is 3.57. The van der Waals surface area contributed by atoms with Crippen LogP contribution in [-0.2, 0) is 19.1 Å². The smallest absolute Gasteiger partial charge is 0.410 e. The highest BCUT2D eigenvalue weighted by atomic mass is 16.6. The molecule has 2 aromatic carbocycles. The molecular formula is C31H39N3O6. The zero-order chi connectivity index (χ0) is 29.0. The Kier molecular flexibility index (Phi) is 9.12. The van der Waals surface area contributed by atoms with Crippen LogP contribution in [0.3, 0.4) is 0 Å². The zero-order valence-corrected chi connectivity index (χ0v) is 23.7. The minimum Gasteiger partial charge on any atom is -0.481 e. The van der Waals surface area contributed by atoms with E-state index in [2.05, 4.69) is 12.1 Å². The number of hydrogen-bond acceptors (Lipinski definition) is 5. The Hall–Kier alpha value is -3.88. The molecule has 0 radical (unpaired) electrons. The van der Waals surface area contributed by atoms with Crippen molar-refractivity contribution >= 4 is 23.9 Å². The predicted octanol–water partition coefficient (Wildman–Crippen LogP) is 4.21. The number of carbonyl (C=O) groups excluding carboxylic acids is 3. The summed E-state index contributed by atoms with van der Waals surface area (Å²) in [4.78, 5) is 56.1. The Morgan fingerprint density at radius 1 is 0.900 bits per heavy atom. The molecule has 1 unspecified atom stereocenters. The van der Waals surface area contributed by atoms with E-state index in [1.807, 2.05) is 36.4 Å². The van der Waals surface area contributed by atoms with Gasteiger partial charge in [-0.25, -0.2) is 4.79 Å². The Morgan fingerprint density at radius 2 is 1.45 bits per heavy atom. The number of benzene rings is 2. The van der Waals surface area contributed by atoms with E-state index >= 15 is 0 Å². The molecule has 0 heterocycles. The number of carbonyl (C=O) groups is 4. The highest BCUT2D eigenvalue weighted by Gasteiger charge is 2.42. The second kappa shape index (κ2) is 12.5. The van der Waals surface area contributed by atoms with E-state index in [-0.39, 0.29) is 25.0 Å². The molecule has 2 atom stereocenters. The summed E-state index contributed by atoms with van der Waals surface area (Å²) in [6, 6.07) is 14.1. The van der Waals surface area contributed by atoms with Crippen LogP contribution in [0.15, 0.2) is 48.5 Å². The highest BCUT2D eigenvalue weighted by Crippen LogP contribution is 2.44. The topological polar surface area (TPSA) is 107 Å². The fourth-order valence-electron chi connectivity index (χ4n) is 6.26. The van der Waals surface area contributed by atoms with Crippen LogP contribution in [-0.4, -0.2) is 90.1 Å². The van der Waals surface area contributed by atoms with Crippen LogP contribution in [0.5, 0.6) is 0 Å². The molecule has 3 amide bonds. The minimum absolute atomic E-state index is 0.105. The third-order valence-electron chi connectivity index (χ3n) is 8.23. The molecule has 2 aromatic rings. The van der Waals surface area contributed by atoms with Crippen molar-refractivity contribution in [1.29, 1.82) is 0 Å². The number of aliphatic carboxylic acids is 1. The molecule has 0 aliphatic heterocycles. The SMILES string of the molecule is CCN(C(=O)C(C1CCCC1)N(C)C(=O)OCC1c2ccccc2-c2ccccc21)[C@@H](CC(=O)O)C(=O)N(C)C. The van der Waals surface area contributed by atoms with Gasteiger partial charge in [-0.15, -0.1) is 0 Å². The van der Waals surface area contributed by atoms with Crippen molar-refractivity contribution in [2.45, 2.75) is 57.0 Å². The molecule has 1 N–H and O–H groups in total. The first-order chi connectivity index (χ1) is 19.1. The van der Waals surface area contributed by atoms with Gasteiger partial charge in [0.25, 0.3) is 0 Å². The maximum Gasteiger partial charge on any atom is 0.410 e. The lowest BCUT2D eigenvalue weighted by molar-refractivity contribution is -0.152. The molecule has 1 fully saturated rings. The number of ether oxygens (including phenoxy) is 1. The molecule has 9 nitrogen and oxygen atoms in total. The van der Waals surface area contributed by atoms with Crippen LogP contribution < -0.4 is 0 Å². The molecule has 9 heteroatoms. The second-order valence-corrected chi connectivity index (χ2v) is 10.9. The van der Waals surface area contributed by atoms with Gasteiger partial charge in [0.2, 0.25) is 11.8 Å². The van der Waals surface area contributed by atoms with Crippen LogP contribution >= 0.6 is 0 Å². The summed E-state index contributed by atoms with van der Waals surface area (Å²) in [6.45, 7) is 1.98. The summed E-state index contributed by atoms with van der Waals surface area (Å²) in [6.07, 6.45) is 2.28. The first-order valence-corrected chi connectivity index (χ1v) is 14.0. The van der Waals surface area contributed by atoms with Crippen molar-refractivity contribution in [2.24, 2.45) is 5.92 Å². The summed E-state index contributed by atoms with van der Waals surface area (Å²) < 4.78 is 5.86. The Balaban J connectivity index is 1.56. The maximum atomic E-state index is 14.1. The van der Waals surface area contributed by atoms with E-state index in [4.69, 9.17) is 4.74 Å². The standard InChI is InChI=1S/C31H39N3O6/c1-5-34(26(18-27(35)36)29(37)32(2)3)30(38)28(20-12-6-7-13-20)33(4)31(39)40-19-25-23-16-10-8-14-21(23)22-15-9-11-17-24(22)25/h8-11,14-17,20,25-26,28H,5-7,12-13,18-19H2,1-4H3,(H,35,36)/t26-,28?/m0/s1. The molecule has 2 aliphatic carbocycles. The van der Waals surface area contributed by atoms with Crippen LogP contribution in [0, 0.1) is 5.92 Å². The van der Waals surface area contributed by atoms with Gasteiger partial charge in [0, 0.05) is 33.6 Å². The van der Waals surface area contributed by atoms with Gasteiger partial charge >= 0.3 is 12.1 Å². The van der Waals surface area contributed by atoms with Gasteiger partial charge in [0.15, 0.2) is 0 Å². The van der Waals surface area contributed by atoms with Gasteiger partial charge in [-0.05, 0) is 47.9 Å². The van der Waals surface area contributed by atoms with Crippen molar-refractivity contribution < 1.29 is 29.0 Å². The molecule has 0 spiro atoms. The Labute approximate surface area is 235 Å². The number of fused-ring (bicyclic) bond motifs is 3. The van der Waals surface area contributed by atoms with Gasteiger partial charge in [0.05, 0.1) is 6.42 Å². The van der Waals surface area contributed by atoms with Crippen LogP contribution in [0.2, 0.25) is 0 Å². The van der Waals surface area contributed by atoms with Crippen LogP contribution in [0.1, 0.15) is 56.1 Å². The highest BCUT2D eigenvalue weighted by molar-refractivity contribution is 5.93. The van der Waals surface area contributed by atoms with Gasteiger partial charge in [0.1, 0.15) is 18.7 Å². The van der Waals surface area contributed by atoms with Crippen molar-refractivity contribution in [1.82, 2.24) is 14.7 Å². The molecule has 2 aliphatic rings. The third kappa shape index (κ3) is 5.83. The molecule has 0 bridgehead atoms. The first-order valence-electron chi connectivity index (χ1n) is 14.0. The van der Waals surface area contributed by atoms with Gasteiger partial charge in [-0.2, -0.15) is 0 Å². The molecule has 40 heavy (non-hydrogen) atoms. The number of amides is 3. The number of carboxylic acids is 1. The molecule has 214 valence electrons. The summed E-state index contributed by atoms with van der Waals surface area (Å²) in [5.41, 5.74) is 4.44. The van der Waals surface area contributed by atoms with E-state index in [0.29, 0.717) is 0 Å². The van der Waals surface area contributed by atoms with E-state index in [0.717, 1.165) is 47.9 Å². The molecule has 0 saturated heterocycles. The summed E-state index contributed by atoms with van der Waals surface area (Å²) >= 11 is 0. The molecular weight excluding hydrogens is 510 g/mol. The largest absolute Gasteiger partial charge is 0.481 e.